The van der Waals surface area contributed by atoms with E-state index in [9.17, 15) is 13.2 Å². The van der Waals surface area contributed by atoms with Crippen LogP contribution in [0.15, 0.2) is 30.3 Å². The number of fused-ring (bicyclic) bond motifs is 1. The van der Waals surface area contributed by atoms with Crippen molar-refractivity contribution in [3.05, 3.63) is 52.3 Å². The minimum atomic E-state index is -2.98. The van der Waals surface area contributed by atoms with Gasteiger partial charge in [-0.3, -0.25) is 9.69 Å². The van der Waals surface area contributed by atoms with Crippen LogP contribution < -0.4 is 0 Å². The molecule has 0 radical (unpaired) electrons. The molecular formula is C22H27N3O3S2. The van der Waals surface area contributed by atoms with Crippen LogP contribution in [-0.2, 0) is 9.84 Å². The predicted octanol–water partition coefficient (Wildman–Crippen LogP) is 3.95. The first kappa shape index (κ1) is 21.2. The van der Waals surface area contributed by atoms with Gasteiger partial charge in [0.2, 0.25) is 0 Å². The van der Waals surface area contributed by atoms with Gasteiger partial charge in [0.25, 0.3) is 0 Å². The summed E-state index contributed by atoms with van der Waals surface area (Å²) in [6.45, 7) is 6.21. The highest BCUT2D eigenvalue weighted by atomic mass is 32.2. The topological polar surface area (TPSA) is 72.3 Å². The molecule has 1 aliphatic heterocycles. The van der Waals surface area contributed by atoms with Crippen molar-refractivity contribution in [2.24, 2.45) is 0 Å². The number of carbonyl (C=O) groups is 1. The van der Waals surface area contributed by atoms with Crippen molar-refractivity contribution in [3.8, 4) is 0 Å². The number of ketones is 1. The number of aryl methyl sites for hydroxylation is 1. The summed E-state index contributed by atoms with van der Waals surface area (Å²) >= 11 is 1.66. The number of hydrogen-bond acceptors (Lipinski definition) is 6. The van der Waals surface area contributed by atoms with E-state index in [0.29, 0.717) is 12.0 Å². The number of Topliss-reactive ketones (excluding diaryl/α,β-unsaturated/α-hetero) is 1. The maximum atomic E-state index is 13.1. The van der Waals surface area contributed by atoms with Gasteiger partial charge in [0, 0.05) is 23.0 Å². The van der Waals surface area contributed by atoms with E-state index < -0.39 is 9.84 Å². The van der Waals surface area contributed by atoms with Gasteiger partial charge in [-0.2, -0.15) is 0 Å². The number of thiazole rings is 1. The van der Waals surface area contributed by atoms with Crippen molar-refractivity contribution in [3.63, 3.8) is 0 Å². The number of sulfone groups is 1. The minimum Gasteiger partial charge on any atom is -0.344 e. The summed E-state index contributed by atoms with van der Waals surface area (Å²) in [5.74, 6) is 0.428. The van der Waals surface area contributed by atoms with Gasteiger partial charge in [-0.1, -0.05) is 12.1 Å². The first-order chi connectivity index (χ1) is 14.2. The molecule has 4 rings (SSSR count). The molecule has 2 unspecified atom stereocenters. The van der Waals surface area contributed by atoms with E-state index in [0.717, 1.165) is 26.6 Å². The van der Waals surface area contributed by atoms with E-state index in [1.807, 2.05) is 54.6 Å². The Labute approximate surface area is 181 Å². The number of carbonyl (C=O) groups excluding carboxylic acids is 1. The zero-order chi connectivity index (χ0) is 21.6. The fourth-order valence-electron chi connectivity index (χ4n) is 4.31. The lowest BCUT2D eigenvalue weighted by Crippen LogP contribution is -2.29. The molecule has 1 aromatic carbocycles. The third-order valence-electron chi connectivity index (χ3n) is 6.08. The molecule has 3 heterocycles. The van der Waals surface area contributed by atoms with Crippen molar-refractivity contribution in [2.45, 2.75) is 39.3 Å². The molecule has 0 aliphatic carbocycles. The van der Waals surface area contributed by atoms with Gasteiger partial charge in [-0.15, -0.1) is 11.3 Å². The fourth-order valence-corrected chi connectivity index (χ4v) is 7.09. The van der Waals surface area contributed by atoms with Crippen molar-refractivity contribution < 1.29 is 13.2 Å². The number of hydrogen-bond donors (Lipinski definition) is 0. The monoisotopic (exact) mass is 445 g/mol. The molecule has 1 fully saturated rings. The van der Waals surface area contributed by atoms with Gasteiger partial charge in [-0.25, -0.2) is 13.4 Å². The predicted molar refractivity (Wildman–Crippen MR) is 121 cm³/mol. The number of rotatable bonds is 6. The lowest BCUT2D eigenvalue weighted by molar-refractivity contribution is 0.0924. The number of benzene rings is 1. The Hall–Kier alpha value is -2.03. The average molecular weight is 446 g/mol. The highest BCUT2D eigenvalue weighted by molar-refractivity contribution is 7.91. The number of para-hydroxylation sites is 1. The normalized spacial score (nSPS) is 19.6. The number of aromatic nitrogens is 2. The Morgan fingerprint density at radius 3 is 2.73 bits per heavy atom. The second-order valence-electron chi connectivity index (χ2n) is 8.25. The van der Waals surface area contributed by atoms with Crippen LogP contribution in [0.1, 0.15) is 52.2 Å². The third-order valence-corrected chi connectivity index (χ3v) is 9.04. The quantitative estimate of drug-likeness (QED) is 0.537. The van der Waals surface area contributed by atoms with E-state index >= 15 is 0 Å². The zero-order valence-electron chi connectivity index (χ0n) is 17.8. The largest absolute Gasteiger partial charge is 0.344 e. The Morgan fingerprint density at radius 1 is 1.33 bits per heavy atom. The van der Waals surface area contributed by atoms with Gasteiger partial charge >= 0.3 is 0 Å². The van der Waals surface area contributed by atoms with Crippen LogP contribution in [0.3, 0.4) is 0 Å². The molecule has 8 heteroatoms. The second-order valence-corrected chi connectivity index (χ2v) is 11.5. The van der Waals surface area contributed by atoms with Crippen LogP contribution >= 0.6 is 11.3 Å². The summed E-state index contributed by atoms with van der Waals surface area (Å²) in [5, 5.41) is 0.994. The van der Waals surface area contributed by atoms with Crippen molar-refractivity contribution in [1.82, 2.24) is 14.5 Å². The van der Waals surface area contributed by atoms with Crippen LogP contribution in [0.5, 0.6) is 0 Å². The van der Waals surface area contributed by atoms with E-state index in [2.05, 4.69) is 13.0 Å². The average Bonchev–Trinajstić information content (AvgIpc) is 3.35. The Bertz CT molecular complexity index is 1180. The molecule has 0 N–H and O–H groups in total. The smallest absolute Gasteiger partial charge is 0.178 e. The molecule has 30 heavy (non-hydrogen) atoms. The van der Waals surface area contributed by atoms with E-state index in [1.54, 1.807) is 11.3 Å². The van der Waals surface area contributed by atoms with Crippen LogP contribution in [0.4, 0.5) is 0 Å². The summed E-state index contributed by atoms with van der Waals surface area (Å²) in [4.78, 5) is 19.8. The Balaban J connectivity index is 1.51. The lowest BCUT2D eigenvalue weighted by Gasteiger charge is -2.22. The first-order valence-corrected chi connectivity index (χ1v) is 12.8. The van der Waals surface area contributed by atoms with Gasteiger partial charge < -0.3 is 4.57 Å². The van der Waals surface area contributed by atoms with Crippen LogP contribution in [0.2, 0.25) is 0 Å². The maximum absolute atomic E-state index is 13.1. The highest BCUT2D eigenvalue weighted by Crippen LogP contribution is 2.31. The van der Waals surface area contributed by atoms with Gasteiger partial charge in [-0.05, 0) is 52.4 Å². The molecule has 160 valence electrons. The van der Waals surface area contributed by atoms with E-state index in [4.69, 9.17) is 4.98 Å². The highest BCUT2D eigenvalue weighted by Gasteiger charge is 2.32. The molecule has 0 bridgehead atoms. The molecule has 2 atom stereocenters. The number of nitrogens with zero attached hydrogens (tertiary/aromatic N) is 3. The van der Waals surface area contributed by atoms with Crippen LogP contribution in [0.25, 0.3) is 10.2 Å². The van der Waals surface area contributed by atoms with Gasteiger partial charge in [0.05, 0.1) is 34.3 Å². The van der Waals surface area contributed by atoms with Crippen molar-refractivity contribution in [2.75, 3.05) is 25.1 Å². The Kier molecular flexibility index (Phi) is 5.59. The fraction of sp³-hybridized carbons (Fsp3) is 0.455. The van der Waals surface area contributed by atoms with E-state index in [1.165, 1.54) is 0 Å². The second kappa shape index (κ2) is 7.90. The Morgan fingerprint density at radius 2 is 2.07 bits per heavy atom. The van der Waals surface area contributed by atoms with Gasteiger partial charge in [0.1, 0.15) is 5.01 Å². The molecule has 6 nitrogen and oxygen atoms in total. The minimum absolute atomic E-state index is 0.0230. The molecule has 0 saturated carbocycles. The maximum Gasteiger partial charge on any atom is 0.178 e. The molecule has 0 amide bonds. The molecule has 1 aliphatic rings. The summed E-state index contributed by atoms with van der Waals surface area (Å²) in [5.41, 5.74) is 3.47. The zero-order valence-corrected chi connectivity index (χ0v) is 19.4. The lowest BCUT2D eigenvalue weighted by atomic mass is 10.1. The summed E-state index contributed by atoms with van der Waals surface area (Å²) in [6, 6.07) is 9.91. The molecule has 0 spiro atoms. The van der Waals surface area contributed by atoms with E-state index in [-0.39, 0.29) is 35.9 Å². The summed E-state index contributed by atoms with van der Waals surface area (Å²) in [7, 11) is -1.04. The number of likely N-dealkylation sites (N-methyl/N-ethyl adjacent to an activating group) is 1. The third kappa shape index (κ3) is 3.96. The van der Waals surface area contributed by atoms with Crippen molar-refractivity contribution in [1.29, 1.82) is 0 Å². The van der Waals surface area contributed by atoms with Crippen LogP contribution in [0, 0.1) is 13.8 Å². The summed E-state index contributed by atoms with van der Waals surface area (Å²) in [6.07, 6.45) is 0.612. The van der Waals surface area contributed by atoms with Crippen LogP contribution in [-0.4, -0.2) is 53.8 Å². The molecule has 3 aromatic rings. The molecule has 2 aromatic heterocycles. The molecular weight excluding hydrogens is 418 g/mol. The summed E-state index contributed by atoms with van der Waals surface area (Å²) < 4.78 is 27.0. The standard InChI is InChI=1S/C22H27N3O3S2/c1-14-11-18(15(2)25(14)17-9-10-30(27,28)13-17)20(26)12-24(4)16(3)22-23-19-7-5-6-8-21(19)29-22/h5-8,11,16-17H,9-10,12-13H2,1-4H3. The van der Waals surface area contributed by atoms with Gasteiger partial charge in [0.15, 0.2) is 15.6 Å². The van der Waals surface area contributed by atoms with Crippen molar-refractivity contribution >= 4 is 37.2 Å². The molecule has 1 saturated heterocycles. The first-order valence-electron chi connectivity index (χ1n) is 10.1. The SMILES string of the molecule is Cc1cc(C(=O)CN(C)C(C)c2nc3ccccc3s2)c(C)n1C1CCS(=O)(=O)C1.